The Kier molecular flexibility index (Phi) is 13.6. The van der Waals surface area contributed by atoms with Crippen molar-refractivity contribution in [1.82, 2.24) is 9.97 Å². The van der Waals surface area contributed by atoms with E-state index >= 15 is 0 Å². The highest BCUT2D eigenvalue weighted by Crippen LogP contribution is 2.20. The molecule has 3 nitrogen and oxygen atoms in total. The molecule has 0 amide bonds. The Morgan fingerprint density at radius 2 is 1.33 bits per heavy atom. The van der Waals surface area contributed by atoms with Crippen LogP contribution in [0.3, 0.4) is 0 Å². The third kappa shape index (κ3) is 11.6. The molecule has 2 unspecified atom stereocenters. The Morgan fingerprint density at radius 3 is 2.00 bits per heavy atom. The summed E-state index contributed by atoms with van der Waals surface area (Å²) in [5.41, 5.74) is 2.29. The first-order valence-corrected chi connectivity index (χ1v) is 12.9. The second-order valence-electron chi connectivity index (χ2n) is 9.04. The minimum absolute atomic E-state index is 0.101. The Balaban J connectivity index is 1.69. The van der Waals surface area contributed by atoms with Gasteiger partial charge in [-0.05, 0) is 37.7 Å². The third-order valence-electron chi connectivity index (χ3n) is 6.00. The molecule has 33 heavy (non-hydrogen) atoms. The van der Waals surface area contributed by atoms with Crippen LogP contribution < -0.4 is 4.74 Å². The average Bonchev–Trinajstić information content (AvgIpc) is 2.85. The second-order valence-corrected chi connectivity index (χ2v) is 9.04. The van der Waals surface area contributed by atoms with Crippen LogP contribution in [0.2, 0.25) is 0 Å². The number of ether oxygens (including phenoxy) is 1. The minimum Gasteiger partial charge on any atom is -0.487 e. The van der Waals surface area contributed by atoms with Crippen molar-refractivity contribution < 1.29 is 13.5 Å². The Hall–Kier alpha value is -2.04. The summed E-state index contributed by atoms with van der Waals surface area (Å²) in [4.78, 5) is 8.71. The van der Waals surface area contributed by atoms with E-state index in [1.807, 2.05) is 6.92 Å². The van der Waals surface area contributed by atoms with Crippen molar-refractivity contribution in [1.29, 1.82) is 0 Å². The smallest absolute Gasteiger partial charge is 0.159 e. The molecule has 0 N–H and O–H groups in total. The van der Waals surface area contributed by atoms with Crippen molar-refractivity contribution in [3.63, 3.8) is 0 Å². The largest absolute Gasteiger partial charge is 0.487 e. The van der Waals surface area contributed by atoms with Crippen LogP contribution in [0.15, 0.2) is 36.7 Å². The Labute approximate surface area is 199 Å². The molecule has 0 radical (unpaired) electrons. The van der Waals surface area contributed by atoms with Crippen LogP contribution in [0.5, 0.6) is 5.75 Å². The number of unbranched alkanes of at least 4 members (excludes halogenated alkanes) is 7. The van der Waals surface area contributed by atoms with Crippen molar-refractivity contribution >= 4 is 0 Å². The summed E-state index contributed by atoms with van der Waals surface area (Å²) in [6.07, 6.45) is 14.1. The van der Waals surface area contributed by atoms with E-state index in [-0.39, 0.29) is 19.4 Å². The van der Waals surface area contributed by atoms with Crippen molar-refractivity contribution in [2.24, 2.45) is 0 Å². The molecule has 5 heteroatoms. The van der Waals surface area contributed by atoms with Gasteiger partial charge in [-0.3, -0.25) is 0 Å². The number of hydrogen-bond acceptors (Lipinski definition) is 3. The van der Waals surface area contributed by atoms with Gasteiger partial charge in [0.05, 0.1) is 12.4 Å². The molecule has 2 atom stereocenters. The molecule has 0 aliphatic rings. The zero-order valence-electron chi connectivity index (χ0n) is 20.6. The van der Waals surface area contributed by atoms with E-state index in [0.717, 1.165) is 24.8 Å². The van der Waals surface area contributed by atoms with E-state index in [1.54, 1.807) is 12.4 Å². The highest BCUT2D eigenvalue weighted by molar-refractivity contribution is 5.55. The van der Waals surface area contributed by atoms with Crippen molar-refractivity contribution in [2.75, 3.05) is 6.61 Å². The highest BCUT2D eigenvalue weighted by Gasteiger charge is 2.13. The maximum absolute atomic E-state index is 14.0. The molecule has 2 aromatic rings. The molecule has 0 aliphatic heterocycles. The van der Waals surface area contributed by atoms with Gasteiger partial charge in [-0.25, -0.2) is 18.7 Å². The summed E-state index contributed by atoms with van der Waals surface area (Å²) in [7, 11) is 0. The number of rotatable bonds is 18. The summed E-state index contributed by atoms with van der Waals surface area (Å²) in [6.45, 7) is 4.18. The Morgan fingerprint density at radius 1 is 0.727 bits per heavy atom. The van der Waals surface area contributed by atoms with Crippen LogP contribution in [-0.2, 0) is 6.42 Å². The fourth-order valence-electron chi connectivity index (χ4n) is 3.85. The van der Waals surface area contributed by atoms with Crippen LogP contribution in [-0.4, -0.2) is 28.9 Å². The number of aryl methyl sites for hydroxylation is 1. The van der Waals surface area contributed by atoms with Gasteiger partial charge in [0.1, 0.15) is 19.0 Å². The first kappa shape index (κ1) is 27.2. The van der Waals surface area contributed by atoms with E-state index in [0.29, 0.717) is 18.0 Å². The normalized spacial score (nSPS) is 13.1. The van der Waals surface area contributed by atoms with E-state index in [1.165, 1.54) is 50.5 Å². The lowest BCUT2D eigenvalue weighted by atomic mass is 10.0. The molecule has 0 aliphatic carbocycles. The van der Waals surface area contributed by atoms with E-state index in [2.05, 4.69) is 41.2 Å². The number of benzene rings is 1. The lowest BCUT2D eigenvalue weighted by Gasteiger charge is -2.12. The fraction of sp³-hybridized carbons (Fsp3) is 0.643. The summed E-state index contributed by atoms with van der Waals surface area (Å²) >= 11 is 0. The average molecular weight is 461 g/mol. The van der Waals surface area contributed by atoms with Crippen LogP contribution in [0.25, 0.3) is 11.4 Å². The van der Waals surface area contributed by atoms with Crippen LogP contribution in [0.1, 0.15) is 96.5 Å². The predicted octanol–water partition coefficient (Wildman–Crippen LogP) is 8.46. The third-order valence-corrected chi connectivity index (χ3v) is 6.00. The Bertz CT molecular complexity index is 737. The van der Waals surface area contributed by atoms with Gasteiger partial charge in [-0.1, -0.05) is 89.5 Å². The van der Waals surface area contributed by atoms with Gasteiger partial charge in [-0.15, -0.1) is 0 Å². The molecule has 0 saturated heterocycles. The van der Waals surface area contributed by atoms with E-state index in [4.69, 9.17) is 4.74 Å². The molecular weight excluding hydrogens is 418 g/mol. The van der Waals surface area contributed by atoms with Crippen LogP contribution in [0.4, 0.5) is 8.78 Å². The number of aromatic nitrogens is 2. The highest BCUT2D eigenvalue weighted by atomic mass is 19.1. The van der Waals surface area contributed by atoms with Gasteiger partial charge in [0, 0.05) is 5.56 Å². The summed E-state index contributed by atoms with van der Waals surface area (Å²) in [5, 5.41) is 0. The molecular formula is C28H42F2N2O. The monoisotopic (exact) mass is 460 g/mol. The topological polar surface area (TPSA) is 35.0 Å². The number of halogens is 2. The maximum atomic E-state index is 14.0. The fourth-order valence-corrected chi connectivity index (χ4v) is 3.85. The van der Waals surface area contributed by atoms with E-state index in [9.17, 15) is 8.78 Å². The first-order valence-electron chi connectivity index (χ1n) is 12.9. The molecule has 0 bridgehead atoms. The maximum Gasteiger partial charge on any atom is 0.159 e. The number of hydrogen-bond donors (Lipinski definition) is 0. The van der Waals surface area contributed by atoms with Gasteiger partial charge < -0.3 is 4.74 Å². The molecule has 184 valence electrons. The van der Waals surface area contributed by atoms with E-state index < -0.39 is 12.3 Å². The molecule has 1 aromatic carbocycles. The zero-order chi connectivity index (χ0) is 23.7. The minimum atomic E-state index is -1.19. The SMILES string of the molecule is CCCCCCCCCc1ccc(-c2ncc(OCC(F)CCC(F)CCCC)cn2)cc1. The summed E-state index contributed by atoms with van der Waals surface area (Å²) in [5.74, 6) is 1.05. The second kappa shape index (κ2) is 16.6. The van der Waals surface area contributed by atoms with Gasteiger partial charge in [0.15, 0.2) is 11.6 Å². The zero-order valence-corrected chi connectivity index (χ0v) is 20.6. The number of alkyl halides is 2. The van der Waals surface area contributed by atoms with Crippen LogP contribution >= 0.6 is 0 Å². The van der Waals surface area contributed by atoms with Gasteiger partial charge in [0.2, 0.25) is 0 Å². The van der Waals surface area contributed by atoms with Crippen LogP contribution in [0, 0.1) is 0 Å². The van der Waals surface area contributed by atoms with Crippen molar-refractivity contribution in [3.8, 4) is 17.1 Å². The quantitative estimate of drug-likeness (QED) is 0.209. The standard InChI is InChI=1S/C28H42F2N2O/c1-3-5-7-8-9-10-11-12-23-14-16-24(17-15-23)28-31-20-27(21-32-28)33-22-26(30)19-18-25(29)13-6-4-2/h14-17,20-21,25-26H,3-13,18-19,22H2,1-2H3. The first-order chi connectivity index (χ1) is 16.1. The molecule has 1 heterocycles. The molecule has 2 rings (SSSR count). The lowest BCUT2D eigenvalue weighted by molar-refractivity contribution is 0.167. The van der Waals surface area contributed by atoms with Crippen molar-refractivity contribution in [3.05, 3.63) is 42.2 Å². The van der Waals surface area contributed by atoms with Gasteiger partial charge in [0.25, 0.3) is 0 Å². The predicted molar refractivity (Wildman–Crippen MR) is 133 cm³/mol. The summed E-state index contributed by atoms with van der Waals surface area (Å²) in [6, 6.07) is 8.39. The molecule has 0 spiro atoms. The molecule has 1 aromatic heterocycles. The summed E-state index contributed by atoms with van der Waals surface area (Å²) < 4.78 is 33.1. The molecule has 0 fully saturated rings. The van der Waals surface area contributed by atoms with Gasteiger partial charge >= 0.3 is 0 Å². The lowest BCUT2D eigenvalue weighted by Crippen LogP contribution is -2.15. The molecule has 0 saturated carbocycles. The number of nitrogens with zero attached hydrogens (tertiary/aromatic N) is 2. The van der Waals surface area contributed by atoms with Gasteiger partial charge in [-0.2, -0.15) is 0 Å². The van der Waals surface area contributed by atoms with Crippen molar-refractivity contribution in [2.45, 2.75) is 110 Å².